The van der Waals surface area contributed by atoms with Crippen molar-refractivity contribution in [1.82, 2.24) is 0 Å². The van der Waals surface area contributed by atoms with Crippen molar-refractivity contribution in [2.45, 2.75) is 25.3 Å². The number of nitrogens with two attached hydrogens (primary N) is 1. The highest BCUT2D eigenvalue weighted by atomic mass is 32.2. The first-order valence-electron chi connectivity index (χ1n) is 9.48. The van der Waals surface area contributed by atoms with Gasteiger partial charge in [0.25, 0.3) is 5.91 Å². The summed E-state index contributed by atoms with van der Waals surface area (Å²) in [7, 11) is -2.23. The van der Waals surface area contributed by atoms with Gasteiger partial charge in [0.2, 0.25) is 10.0 Å². The molecule has 0 aromatic heterocycles. The number of amides is 1. The van der Waals surface area contributed by atoms with Gasteiger partial charge in [-0.15, -0.1) is 0 Å². The summed E-state index contributed by atoms with van der Waals surface area (Å²) in [6.07, 6.45) is 0. The summed E-state index contributed by atoms with van der Waals surface area (Å²) in [4.78, 5) is 12.6. The average Bonchev–Trinajstić information content (AvgIpc) is 2.74. The molecule has 0 bridgehead atoms. The number of hydrogen-bond acceptors (Lipinski definition) is 5. The number of ether oxygens (including phenoxy) is 2. The van der Waals surface area contributed by atoms with Crippen LogP contribution in [-0.2, 0) is 16.6 Å². The minimum Gasteiger partial charge on any atom is -0.496 e. The Kier molecular flexibility index (Phi) is 6.62. The van der Waals surface area contributed by atoms with Crippen LogP contribution in [0.1, 0.15) is 27.0 Å². The first-order chi connectivity index (χ1) is 14.7. The van der Waals surface area contributed by atoms with E-state index in [9.17, 15) is 13.2 Å². The molecule has 0 saturated heterocycles. The Bertz CT molecular complexity index is 1210. The number of benzene rings is 3. The lowest BCUT2D eigenvalue weighted by Crippen LogP contribution is -2.14. The van der Waals surface area contributed by atoms with Crippen LogP contribution in [0.4, 0.5) is 5.69 Å². The lowest BCUT2D eigenvalue weighted by Gasteiger charge is -2.13. The van der Waals surface area contributed by atoms with Gasteiger partial charge in [-0.05, 0) is 79.6 Å². The SMILES string of the molecule is COc1ccc(C(=O)Nc2ccc(S(N)(=O)=O)cc2)cc1COc1ccc(C)c(C)c1. The summed E-state index contributed by atoms with van der Waals surface area (Å²) in [5.74, 6) is 0.992. The molecule has 162 valence electrons. The van der Waals surface area contributed by atoms with Gasteiger partial charge in [-0.1, -0.05) is 6.07 Å². The molecule has 0 heterocycles. The summed E-state index contributed by atoms with van der Waals surface area (Å²) >= 11 is 0. The number of hydrogen-bond donors (Lipinski definition) is 2. The predicted octanol–water partition coefficient (Wildman–Crippen LogP) is 3.79. The molecule has 0 radical (unpaired) electrons. The predicted molar refractivity (Wildman–Crippen MR) is 119 cm³/mol. The largest absolute Gasteiger partial charge is 0.496 e. The highest BCUT2D eigenvalue weighted by Crippen LogP contribution is 2.24. The van der Waals surface area contributed by atoms with Gasteiger partial charge in [-0.2, -0.15) is 0 Å². The Morgan fingerprint density at radius 3 is 2.29 bits per heavy atom. The molecule has 0 unspecified atom stereocenters. The highest BCUT2D eigenvalue weighted by molar-refractivity contribution is 7.89. The monoisotopic (exact) mass is 440 g/mol. The zero-order valence-corrected chi connectivity index (χ0v) is 18.3. The van der Waals surface area contributed by atoms with Crippen molar-refractivity contribution in [3.8, 4) is 11.5 Å². The second-order valence-corrected chi connectivity index (χ2v) is 8.65. The van der Waals surface area contributed by atoms with Crippen LogP contribution in [0.3, 0.4) is 0 Å². The third kappa shape index (κ3) is 5.62. The molecule has 0 spiro atoms. The number of methoxy groups -OCH3 is 1. The highest BCUT2D eigenvalue weighted by Gasteiger charge is 2.13. The summed E-state index contributed by atoms with van der Waals surface area (Å²) in [5, 5.41) is 7.82. The van der Waals surface area contributed by atoms with Crippen LogP contribution in [0.25, 0.3) is 0 Å². The fraction of sp³-hybridized carbons (Fsp3) is 0.174. The van der Waals surface area contributed by atoms with Crippen molar-refractivity contribution in [2.75, 3.05) is 12.4 Å². The van der Waals surface area contributed by atoms with E-state index in [0.717, 1.165) is 16.9 Å². The molecule has 0 fully saturated rings. The van der Waals surface area contributed by atoms with Crippen LogP contribution in [0, 0.1) is 13.8 Å². The van der Waals surface area contributed by atoms with Gasteiger partial charge in [0.05, 0.1) is 12.0 Å². The van der Waals surface area contributed by atoms with Crippen LogP contribution in [0.5, 0.6) is 11.5 Å². The molecule has 31 heavy (non-hydrogen) atoms. The zero-order chi connectivity index (χ0) is 22.6. The van der Waals surface area contributed by atoms with Crippen molar-refractivity contribution in [3.63, 3.8) is 0 Å². The Labute approximate surface area is 181 Å². The average molecular weight is 441 g/mol. The summed E-state index contributed by atoms with van der Waals surface area (Å²) < 4.78 is 34.0. The molecule has 3 N–H and O–H groups in total. The molecule has 1 amide bonds. The van der Waals surface area contributed by atoms with E-state index in [1.54, 1.807) is 25.3 Å². The molecule has 0 atom stereocenters. The summed E-state index contributed by atoms with van der Waals surface area (Å²) in [5.41, 5.74) is 3.89. The van der Waals surface area contributed by atoms with E-state index < -0.39 is 10.0 Å². The molecular weight excluding hydrogens is 416 g/mol. The summed E-state index contributed by atoms with van der Waals surface area (Å²) in [6.45, 7) is 4.28. The molecular formula is C23H24N2O5S. The van der Waals surface area contributed by atoms with Crippen molar-refractivity contribution >= 4 is 21.6 Å². The number of nitrogens with one attached hydrogen (secondary N) is 1. The number of sulfonamides is 1. The number of primary sulfonamides is 1. The zero-order valence-electron chi connectivity index (χ0n) is 17.5. The molecule has 0 saturated carbocycles. The molecule has 8 heteroatoms. The van der Waals surface area contributed by atoms with E-state index in [2.05, 4.69) is 5.32 Å². The molecule has 3 aromatic rings. The van der Waals surface area contributed by atoms with Crippen molar-refractivity contribution in [2.24, 2.45) is 5.14 Å². The Hall–Kier alpha value is -3.36. The van der Waals surface area contributed by atoms with Crippen LogP contribution in [-0.4, -0.2) is 21.4 Å². The van der Waals surface area contributed by atoms with Crippen molar-refractivity contribution in [3.05, 3.63) is 82.9 Å². The van der Waals surface area contributed by atoms with Gasteiger partial charge < -0.3 is 14.8 Å². The molecule has 7 nitrogen and oxygen atoms in total. The maximum absolute atomic E-state index is 12.7. The fourth-order valence-electron chi connectivity index (χ4n) is 2.93. The normalized spacial score (nSPS) is 11.1. The van der Waals surface area contributed by atoms with E-state index in [4.69, 9.17) is 14.6 Å². The van der Waals surface area contributed by atoms with Crippen molar-refractivity contribution in [1.29, 1.82) is 0 Å². The van der Waals surface area contributed by atoms with Gasteiger partial charge in [0.1, 0.15) is 18.1 Å². The Morgan fingerprint density at radius 1 is 0.968 bits per heavy atom. The van der Waals surface area contributed by atoms with E-state index >= 15 is 0 Å². The van der Waals surface area contributed by atoms with Crippen LogP contribution < -0.4 is 19.9 Å². The summed E-state index contributed by atoms with van der Waals surface area (Å²) in [6, 6.07) is 16.5. The Balaban J connectivity index is 1.75. The number of carbonyl (C=O) groups excluding carboxylic acids is 1. The maximum atomic E-state index is 12.7. The lowest BCUT2D eigenvalue weighted by molar-refractivity contribution is 0.102. The van der Waals surface area contributed by atoms with E-state index in [-0.39, 0.29) is 17.4 Å². The second kappa shape index (κ2) is 9.20. The van der Waals surface area contributed by atoms with Crippen LogP contribution in [0.15, 0.2) is 65.6 Å². The van der Waals surface area contributed by atoms with Gasteiger partial charge in [-0.25, -0.2) is 13.6 Å². The minimum absolute atomic E-state index is 0.0271. The maximum Gasteiger partial charge on any atom is 0.255 e. The van der Waals surface area contributed by atoms with E-state index in [1.165, 1.54) is 29.8 Å². The number of anilines is 1. The first-order valence-corrected chi connectivity index (χ1v) is 11.0. The molecule has 0 aliphatic rings. The number of aryl methyl sites for hydroxylation is 2. The van der Waals surface area contributed by atoms with Crippen molar-refractivity contribution < 1.29 is 22.7 Å². The van der Waals surface area contributed by atoms with Gasteiger partial charge in [0.15, 0.2) is 0 Å². The molecule has 3 aromatic carbocycles. The third-order valence-electron chi connectivity index (χ3n) is 4.86. The Morgan fingerprint density at radius 2 is 1.68 bits per heavy atom. The van der Waals surface area contributed by atoms with E-state index in [1.807, 2.05) is 32.0 Å². The quantitative estimate of drug-likeness (QED) is 0.581. The molecule has 0 aliphatic carbocycles. The van der Waals surface area contributed by atoms with E-state index in [0.29, 0.717) is 17.0 Å². The third-order valence-corrected chi connectivity index (χ3v) is 5.79. The first kappa shape index (κ1) is 22.3. The number of carbonyl (C=O) groups is 1. The standard InChI is InChI=1S/C23H24N2O5S/c1-15-4-8-20(12-16(15)2)30-14-18-13-17(5-11-22(18)29-3)23(26)25-19-6-9-21(10-7-19)31(24,27)28/h4-13H,14H2,1-3H3,(H,25,26)(H2,24,27,28). The topological polar surface area (TPSA) is 108 Å². The minimum atomic E-state index is -3.79. The smallest absolute Gasteiger partial charge is 0.255 e. The second-order valence-electron chi connectivity index (χ2n) is 7.08. The number of rotatable bonds is 7. The van der Waals surface area contributed by atoms with Crippen LogP contribution in [0.2, 0.25) is 0 Å². The van der Waals surface area contributed by atoms with Gasteiger partial charge >= 0.3 is 0 Å². The molecule has 3 rings (SSSR count). The molecule has 0 aliphatic heterocycles. The fourth-order valence-corrected chi connectivity index (χ4v) is 3.44. The van der Waals surface area contributed by atoms with Crippen LogP contribution >= 0.6 is 0 Å². The lowest BCUT2D eigenvalue weighted by atomic mass is 10.1. The van der Waals surface area contributed by atoms with Gasteiger partial charge in [0, 0.05) is 16.8 Å². The van der Waals surface area contributed by atoms with Gasteiger partial charge in [-0.3, -0.25) is 4.79 Å².